The number of hydrogen-bond donors (Lipinski definition) is 0. The Morgan fingerprint density at radius 3 is 2.79 bits per heavy atom. The van der Waals surface area contributed by atoms with Crippen molar-refractivity contribution in [3.8, 4) is 0 Å². The van der Waals surface area contributed by atoms with Crippen LogP contribution in [0.1, 0.15) is 30.1 Å². The fourth-order valence-corrected chi connectivity index (χ4v) is 2.47. The summed E-state index contributed by atoms with van der Waals surface area (Å²) >= 11 is 3.47. The fraction of sp³-hybridized carbons (Fsp3) is 0.500. The van der Waals surface area contributed by atoms with Gasteiger partial charge in [0.2, 0.25) is 0 Å². The van der Waals surface area contributed by atoms with Crippen molar-refractivity contribution in [1.29, 1.82) is 0 Å². The molecule has 14 heavy (non-hydrogen) atoms. The van der Waals surface area contributed by atoms with Crippen molar-refractivity contribution in [2.75, 3.05) is 5.33 Å². The van der Waals surface area contributed by atoms with Crippen LogP contribution in [0.2, 0.25) is 0 Å². The van der Waals surface area contributed by atoms with Crippen LogP contribution in [0, 0.1) is 6.92 Å². The number of halogens is 1. The third kappa shape index (κ3) is 2.01. The highest BCUT2D eigenvalue weighted by Gasteiger charge is 2.26. The van der Waals surface area contributed by atoms with Crippen LogP contribution in [-0.2, 0) is 4.74 Å². The molecule has 1 nitrogen and oxygen atoms in total. The lowest BCUT2D eigenvalue weighted by Crippen LogP contribution is -2.07. The van der Waals surface area contributed by atoms with Crippen LogP contribution in [0.25, 0.3) is 0 Å². The zero-order chi connectivity index (χ0) is 9.97. The lowest BCUT2D eigenvalue weighted by molar-refractivity contribution is 0.0585. The van der Waals surface area contributed by atoms with E-state index >= 15 is 0 Å². The molecule has 1 aromatic carbocycles. The van der Waals surface area contributed by atoms with Gasteiger partial charge in [-0.25, -0.2) is 0 Å². The third-order valence-electron chi connectivity index (χ3n) is 2.81. The van der Waals surface area contributed by atoms with Crippen LogP contribution in [0.4, 0.5) is 0 Å². The second kappa shape index (κ2) is 4.45. The summed E-state index contributed by atoms with van der Waals surface area (Å²) in [6.45, 7) is 2.15. The molecule has 2 heteroatoms. The van der Waals surface area contributed by atoms with E-state index in [-0.39, 0.29) is 0 Å². The molecule has 1 heterocycles. The molecular weight excluding hydrogens is 240 g/mol. The summed E-state index contributed by atoms with van der Waals surface area (Å²) in [5.41, 5.74) is 2.70. The Morgan fingerprint density at radius 1 is 1.36 bits per heavy atom. The smallest absolute Gasteiger partial charge is 0.0832 e. The number of benzene rings is 1. The number of ether oxygens (including phenoxy) is 1. The normalized spacial score (nSPS) is 26.7. The first-order valence-corrected chi connectivity index (χ1v) is 6.20. The van der Waals surface area contributed by atoms with Gasteiger partial charge in [-0.1, -0.05) is 40.2 Å². The van der Waals surface area contributed by atoms with Crippen molar-refractivity contribution in [1.82, 2.24) is 0 Å². The minimum absolute atomic E-state index is 0.318. The van der Waals surface area contributed by atoms with E-state index in [2.05, 4.69) is 47.1 Å². The molecule has 0 aromatic heterocycles. The Hall–Kier alpha value is -0.340. The van der Waals surface area contributed by atoms with Gasteiger partial charge in [-0.15, -0.1) is 0 Å². The van der Waals surface area contributed by atoms with Crippen molar-refractivity contribution < 1.29 is 4.74 Å². The molecule has 1 aliphatic heterocycles. The topological polar surface area (TPSA) is 9.23 Å². The largest absolute Gasteiger partial charge is 0.369 e. The Bertz CT molecular complexity index is 311. The average molecular weight is 255 g/mol. The van der Waals surface area contributed by atoms with E-state index in [1.54, 1.807) is 0 Å². The molecule has 2 atom stereocenters. The van der Waals surface area contributed by atoms with Crippen LogP contribution >= 0.6 is 15.9 Å². The SMILES string of the molecule is Cc1ccccc1C1CCC(CBr)O1. The average Bonchev–Trinajstić information content (AvgIpc) is 2.67. The van der Waals surface area contributed by atoms with Gasteiger partial charge in [-0.2, -0.15) is 0 Å². The molecule has 1 fully saturated rings. The molecule has 2 unspecified atom stereocenters. The van der Waals surface area contributed by atoms with E-state index in [0.717, 1.165) is 11.8 Å². The van der Waals surface area contributed by atoms with Crippen molar-refractivity contribution in [3.63, 3.8) is 0 Å². The number of aryl methyl sites for hydroxylation is 1. The molecule has 1 saturated heterocycles. The molecule has 0 saturated carbocycles. The standard InChI is InChI=1S/C12H15BrO/c1-9-4-2-3-5-11(9)12-7-6-10(8-13)14-12/h2-5,10,12H,6-8H2,1H3. The predicted molar refractivity (Wildman–Crippen MR) is 61.8 cm³/mol. The van der Waals surface area contributed by atoms with Gasteiger partial charge in [0.25, 0.3) is 0 Å². The van der Waals surface area contributed by atoms with Crippen molar-refractivity contribution >= 4 is 15.9 Å². The molecule has 0 aliphatic carbocycles. The monoisotopic (exact) mass is 254 g/mol. The maximum Gasteiger partial charge on any atom is 0.0832 e. The maximum atomic E-state index is 5.93. The number of rotatable bonds is 2. The van der Waals surface area contributed by atoms with Crippen LogP contribution in [0.3, 0.4) is 0 Å². The third-order valence-corrected chi connectivity index (χ3v) is 3.54. The molecule has 76 valence electrons. The predicted octanol–water partition coefficient (Wildman–Crippen LogP) is 3.61. The first-order chi connectivity index (χ1) is 6.81. The van der Waals surface area contributed by atoms with Gasteiger partial charge < -0.3 is 4.74 Å². The van der Waals surface area contributed by atoms with Gasteiger partial charge in [0.05, 0.1) is 12.2 Å². The lowest BCUT2D eigenvalue weighted by Gasteiger charge is -2.14. The summed E-state index contributed by atoms with van der Waals surface area (Å²) in [7, 11) is 0. The molecule has 0 spiro atoms. The quantitative estimate of drug-likeness (QED) is 0.733. The second-order valence-electron chi connectivity index (χ2n) is 3.83. The fourth-order valence-electron chi connectivity index (χ4n) is 2.00. The molecule has 1 aliphatic rings. The molecule has 0 N–H and O–H groups in total. The highest BCUT2D eigenvalue weighted by molar-refractivity contribution is 9.09. The van der Waals surface area contributed by atoms with Crippen molar-refractivity contribution in [3.05, 3.63) is 35.4 Å². The van der Waals surface area contributed by atoms with Gasteiger partial charge in [-0.3, -0.25) is 0 Å². The Kier molecular flexibility index (Phi) is 3.24. The summed E-state index contributed by atoms with van der Waals surface area (Å²) in [6, 6.07) is 8.50. The highest BCUT2D eigenvalue weighted by Crippen LogP contribution is 2.34. The van der Waals surface area contributed by atoms with Gasteiger partial charge in [0, 0.05) is 5.33 Å². The Balaban J connectivity index is 2.13. The van der Waals surface area contributed by atoms with Crippen LogP contribution in [0.5, 0.6) is 0 Å². The van der Waals surface area contributed by atoms with Gasteiger partial charge in [0.1, 0.15) is 0 Å². The summed E-state index contributed by atoms with van der Waals surface area (Å²) in [5, 5.41) is 0.954. The maximum absolute atomic E-state index is 5.93. The lowest BCUT2D eigenvalue weighted by atomic mass is 10.0. The molecule has 0 amide bonds. The minimum atomic E-state index is 0.318. The molecule has 0 radical (unpaired) electrons. The molecular formula is C12H15BrO. The minimum Gasteiger partial charge on any atom is -0.369 e. The first-order valence-electron chi connectivity index (χ1n) is 5.08. The van der Waals surface area contributed by atoms with Crippen molar-refractivity contribution in [2.24, 2.45) is 0 Å². The molecule has 1 aromatic rings. The first kappa shape index (κ1) is 10.2. The second-order valence-corrected chi connectivity index (χ2v) is 4.48. The molecule has 2 rings (SSSR count). The summed E-state index contributed by atoms with van der Waals surface area (Å²) in [4.78, 5) is 0. The Labute approximate surface area is 93.6 Å². The zero-order valence-electron chi connectivity index (χ0n) is 8.37. The molecule has 0 bridgehead atoms. The van der Waals surface area contributed by atoms with E-state index < -0.39 is 0 Å². The Morgan fingerprint density at radius 2 is 2.14 bits per heavy atom. The van der Waals surface area contributed by atoms with E-state index in [0.29, 0.717) is 12.2 Å². The van der Waals surface area contributed by atoms with Gasteiger partial charge >= 0.3 is 0 Å². The number of hydrogen-bond acceptors (Lipinski definition) is 1. The summed E-state index contributed by atoms with van der Waals surface area (Å²) in [5.74, 6) is 0. The van der Waals surface area contributed by atoms with Crippen LogP contribution in [0.15, 0.2) is 24.3 Å². The van der Waals surface area contributed by atoms with E-state index in [1.807, 2.05) is 0 Å². The van der Waals surface area contributed by atoms with E-state index in [4.69, 9.17) is 4.74 Å². The summed E-state index contributed by atoms with van der Waals surface area (Å²) < 4.78 is 5.93. The van der Waals surface area contributed by atoms with E-state index in [9.17, 15) is 0 Å². The van der Waals surface area contributed by atoms with Gasteiger partial charge in [-0.05, 0) is 30.9 Å². The van der Waals surface area contributed by atoms with Crippen LogP contribution < -0.4 is 0 Å². The van der Waals surface area contributed by atoms with E-state index in [1.165, 1.54) is 17.5 Å². The highest BCUT2D eigenvalue weighted by atomic mass is 79.9. The summed E-state index contributed by atoms with van der Waals surface area (Å²) in [6.07, 6.45) is 3.05. The van der Waals surface area contributed by atoms with Gasteiger partial charge in [0.15, 0.2) is 0 Å². The zero-order valence-corrected chi connectivity index (χ0v) is 9.96. The van der Waals surface area contributed by atoms with Crippen molar-refractivity contribution in [2.45, 2.75) is 32.0 Å². The number of alkyl halides is 1. The van der Waals surface area contributed by atoms with Crippen LogP contribution in [-0.4, -0.2) is 11.4 Å².